The molecule has 2 aromatic carbocycles. The largest absolute Gasteiger partial charge is 0.260 e. The van der Waals surface area contributed by atoms with Crippen LogP contribution in [-0.4, -0.2) is 0 Å². The van der Waals surface area contributed by atoms with Gasteiger partial charge in [-0.3, -0.25) is 5.43 Å². The van der Waals surface area contributed by atoms with Crippen molar-refractivity contribution in [3.8, 4) is 0 Å². The number of nitrogens with zero attached hydrogens (tertiary/aromatic N) is 2. The molecule has 0 spiro atoms. The summed E-state index contributed by atoms with van der Waals surface area (Å²) in [6.45, 7) is 4.16. The van der Waals surface area contributed by atoms with Gasteiger partial charge in [-0.05, 0) is 61.4 Å². The minimum Gasteiger partial charge on any atom is -0.260 e. The smallest absolute Gasteiger partial charge is 0.0875 e. The quantitative estimate of drug-likeness (QED) is 0.616. The molecular formula is C14H14BrN3. The molecule has 2 aromatic rings. The van der Waals surface area contributed by atoms with Crippen molar-refractivity contribution in [1.29, 1.82) is 0 Å². The second-order valence-corrected chi connectivity index (χ2v) is 5.00. The Kier molecular flexibility index (Phi) is 4.10. The average molecular weight is 304 g/mol. The van der Waals surface area contributed by atoms with E-state index in [4.69, 9.17) is 0 Å². The van der Waals surface area contributed by atoms with Crippen molar-refractivity contribution in [2.24, 2.45) is 10.3 Å². The van der Waals surface area contributed by atoms with Gasteiger partial charge in [-0.2, -0.15) is 0 Å². The molecule has 18 heavy (non-hydrogen) atoms. The molecule has 0 aliphatic carbocycles. The molecule has 0 aliphatic rings. The summed E-state index contributed by atoms with van der Waals surface area (Å²) in [5.74, 6) is 0. The molecule has 0 amide bonds. The van der Waals surface area contributed by atoms with Gasteiger partial charge in [-0.25, -0.2) is 0 Å². The summed E-state index contributed by atoms with van der Waals surface area (Å²) in [5, 5.41) is 8.06. The van der Waals surface area contributed by atoms with E-state index in [-0.39, 0.29) is 0 Å². The predicted octanol–water partition coefficient (Wildman–Crippen LogP) is 5.18. The van der Waals surface area contributed by atoms with Crippen LogP contribution in [0, 0.1) is 13.8 Å². The van der Waals surface area contributed by atoms with Gasteiger partial charge in [0.05, 0.1) is 11.4 Å². The molecule has 0 saturated carbocycles. The maximum atomic E-state index is 4.09. The molecular weight excluding hydrogens is 290 g/mol. The summed E-state index contributed by atoms with van der Waals surface area (Å²) in [5.41, 5.74) is 7.18. The summed E-state index contributed by atoms with van der Waals surface area (Å²) in [6, 6.07) is 13.8. The zero-order valence-electron chi connectivity index (χ0n) is 10.3. The fourth-order valence-corrected chi connectivity index (χ4v) is 1.72. The van der Waals surface area contributed by atoms with Crippen LogP contribution in [0.3, 0.4) is 0 Å². The number of rotatable bonds is 3. The Balaban J connectivity index is 2.02. The van der Waals surface area contributed by atoms with Gasteiger partial charge in [-0.15, -0.1) is 5.11 Å². The van der Waals surface area contributed by atoms with Crippen LogP contribution < -0.4 is 5.43 Å². The van der Waals surface area contributed by atoms with Crippen molar-refractivity contribution in [2.75, 3.05) is 5.43 Å². The second kappa shape index (κ2) is 5.78. The third-order valence-electron chi connectivity index (χ3n) is 2.68. The Morgan fingerprint density at radius 1 is 0.944 bits per heavy atom. The molecule has 0 bridgehead atoms. The van der Waals surface area contributed by atoms with E-state index in [1.165, 1.54) is 11.1 Å². The first-order chi connectivity index (χ1) is 8.65. The number of aryl methyl sites for hydroxylation is 2. The van der Waals surface area contributed by atoms with Crippen LogP contribution in [0.25, 0.3) is 0 Å². The highest BCUT2D eigenvalue weighted by molar-refractivity contribution is 9.10. The third kappa shape index (κ3) is 3.40. The standard InChI is InChI=1S/C14H14BrN3/c1-10-3-6-14(9-11(10)2)17-18-16-13-7-4-12(15)5-8-13/h3-9H,1-2H3,(H,16,17). The summed E-state index contributed by atoms with van der Waals surface area (Å²) in [4.78, 5) is 0. The highest BCUT2D eigenvalue weighted by Gasteiger charge is 1.94. The number of halogens is 1. The monoisotopic (exact) mass is 303 g/mol. The van der Waals surface area contributed by atoms with E-state index in [9.17, 15) is 0 Å². The van der Waals surface area contributed by atoms with Crippen molar-refractivity contribution < 1.29 is 0 Å². The molecule has 2 rings (SSSR count). The Bertz CT molecular complexity index is 562. The van der Waals surface area contributed by atoms with Gasteiger partial charge in [-0.1, -0.05) is 27.2 Å². The second-order valence-electron chi connectivity index (χ2n) is 4.09. The van der Waals surface area contributed by atoms with E-state index in [1.807, 2.05) is 30.3 Å². The van der Waals surface area contributed by atoms with Crippen LogP contribution in [0.15, 0.2) is 57.3 Å². The van der Waals surface area contributed by atoms with Crippen LogP contribution in [0.1, 0.15) is 11.1 Å². The lowest BCUT2D eigenvalue weighted by Crippen LogP contribution is -1.88. The summed E-state index contributed by atoms with van der Waals surface area (Å²) in [7, 11) is 0. The normalized spacial score (nSPS) is 10.8. The van der Waals surface area contributed by atoms with E-state index in [1.54, 1.807) is 0 Å². The van der Waals surface area contributed by atoms with Crippen molar-refractivity contribution in [2.45, 2.75) is 13.8 Å². The van der Waals surface area contributed by atoms with E-state index >= 15 is 0 Å². The fourth-order valence-electron chi connectivity index (χ4n) is 1.46. The van der Waals surface area contributed by atoms with Crippen LogP contribution in [0.5, 0.6) is 0 Å². The topological polar surface area (TPSA) is 36.8 Å². The number of nitrogens with one attached hydrogen (secondary N) is 1. The maximum Gasteiger partial charge on any atom is 0.0875 e. The molecule has 0 unspecified atom stereocenters. The molecule has 4 heteroatoms. The lowest BCUT2D eigenvalue weighted by atomic mass is 10.1. The molecule has 0 fully saturated rings. The fraction of sp³-hybridized carbons (Fsp3) is 0.143. The maximum absolute atomic E-state index is 4.09. The lowest BCUT2D eigenvalue weighted by Gasteiger charge is -2.03. The first-order valence-corrected chi connectivity index (χ1v) is 6.44. The van der Waals surface area contributed by atoms with Crippen molar-refractivity contribution in [1.82, 2.24) is 0 Å². The third-order valence-corrected chi connectivity index (χ3v) is 3.21. The molecule has 3 nitrogen and oxygen atoms in total. The molecule has 0 radical (unpaired) electrons. The van der Waals surface area contributed by atoms with Crippen LogP contribution in [0.2, 0.25) is 0 Å². The van der Waals surface area contributed by atoms with Gasteiger partial charge >= 0.3 is 0 Å². The highest BCUT2D eigenvalue weighted by Crippen LogP contribution is 2.18. The summed E-state index contributed by atoms with van der Waals surface area (Å²) in [6.07, 6.45) is 0. The van der Waals surface area contributed by atoms with Gasteiger partial charge in [0.2, 0.25) is 0 Å². The number of hydrogen-bond donors (Lipinski definition) is 1. The van der Waals surface area contributed by atoms with Crippen molar-refractivity contribution >= 4 is 27.3 Å². The van der Waals surface area contributed by atoms with Gasteiger partial charge < -0.3 is 0 Å². The van der Waals surface area contributed by atoms with Gasteiger partial charge in [0, 0.05) is 4.47 Å². The Morgan fingerprint density at radius 3 is 2.33 bits per heavy atom. The zero-order valence-corrected chi connectivity index (χ0v) is 11.9. The Morgan fingerprint density at radius 2 is 1.67 bits per heavy atom. The first-order valence-electron chi connectivity index (χ1n) is 5.65. The molecule has 0 saturated heterocycles. The SMILES string of the molecule is Cc1ccc(NN=Nc2ccc(Br)cc2)cc1C. The number of benzene rings is 2. The van der Waals surface area contributed by atoms with E-state index in [0.29, 0.717) is 0 Å². The minimum atomic E-state index is 0.814. The molecule has 1 N–H and O–H groups in total. The first kappa shape index (κ1) is 12.8. The predicted molar refractivity (Wildman–Crippen MR) is 78.2 cm³/mol. The van der Waals surface area contributed by atoms with Crippen molar-refractivity contribution in [3.63, 3.8) is 0 Å². The number of anilines is 1. The molecule has 0 heterocycles. The molecule has 92 valence electrons. The Hall–Kier alpha value is -1.68. The Labute approximate surface area is 115 Å². The molecule has 0 aromatic heterocycles. The molecule has 0 atom stereocenters. The van der Waals surface area contributed by atoms with Crippen LogP contribution in [0.4, 0.5) is 11.4 Å². The minimum absolute atomic E-state index is 0.814. The van der Waals surface area contributed by atoms with Crippen molar-refractivity contribution in [3.05, 3.63) is 58.1 Å². The zero-order chi connectivity index (χ0) is 13.0. The van der Waals surface area contributed by atoms with E-state index in [2.05, 4.69) is 57.7 Å². The molecule has 0 aliphatic heterocycles. The van der Waals surface area contributed by atoms with Gasteiger partial charge in [0.25, 0.3) is 0 Å². The van der Waals surface area contributed by atoms with E-state index < -0.39 is 0 Å². The van der Waals surface area contributed by atoms with Gasteiger partial charge in [0.15, 0.2) is 0 Å². The van der Waals surface area contributed by atoms with Crippen LogP contribution >= 0.6 is 15.9 Å². The lowest BCUT2D eigenvalue weighted by molar-refractivity contribution is 1.13. The summed E-state index contributed by atoms with van der Waals surface area (Å²) >= 11 is 3.38. The van der Waals surface area contributed by atoms with Gasteiger partial charge in [0.1, 0.15) is 0 Å². The van der Waals surface area contributed by atoms with E-state index in [0.717, 1.165) is 15.8 Å². The average Bonchev–Trinajstić information content (AvgIpc) is 2.36. The highest BCUT2D eigenvalue weighted by atomic mass is 79.9. The summed E-state index contributed by atoms with van der Waals surface area (Å²) < 4.78 is 1.03. The van der Waals surface area contributed by atoms with Crippen LogP contribution in [-0.2, 0) is 0 Å². The number of hydrogen-bond acceptors (Lipinski definition) is 2.